The fourth-order valence-electron chi connectivity index (χ4n) is 4.88. The van der Waals surface area contributed by atoms with Gasteiger partial charge in [0.15, 0.2) is 5.82 Å². The summed E-state index contributed by atoms with van der Waals surface area (Å²) in [5, 5.41) is 16.3. The van der Waals surface area contributed by atoms with E-state index in [2.05, 4.69) is 10.4 Å². The van der Waals surface area contributed by atoms with Crippen molar-refractivity contribution in [1.29, 1.82) is 5.26 Å². The number of nitrogens with zero attached hydrogens (tertiary/aromatic N) is 6. The Morgan fingerprint density at radius 2 is 1.58 bits per heavy atom. The molecule has 0 aliphatic carbocycles. The topological polar surface area (TPSA) is 97.5 Å². The summed E-state index contributed by atoms with van der Waals surface area (Å²) in [6.07, 6.45) is -6.30. The highest BCUT2D eigenvalue weighted by atomic mass is 19.4. The minimum atomic E-state index is -4.55. The maximum absolute atomic E-state index is 13.4. The van der Waals surface area contributed by atoms with Crippen molar-refractivity contribution >= 4 is 29.1 Å². The van der Waals surface area contributed by atoms with Gasteiger partial charge in [0.1, 0.15) is 11.6 Å². The first-order valence-electron chi connectivity index (χ1n) is 13.0. The van der Waals surface area contributed by atoms with E-state index in [1.807, 2.05) is 6.07 Å². The number of benzene rings is 2. The maximum Gasteiger partial charge on any atom is 0.416 e. The van der Waals surface area contributed by atoms with E-state index >= 15 is 0 Å². The number of piperazine rings is 1. The van der Waals surface area contributed by atoms with Crippen molar-refractivity contribution in [2.75, 3.05) is 49.5 Å². The van der Waals surface area contributed by atoms with Gasteiger partial charge in [-0.25, -0.2) is 9.48 Å². The Bertz CT molecular complexity index is 1610. The molecule has 224 valence electrons. The van der Waals surface area contributed by atoms with Gasteiger partial charge in [0, 0.05) is 44.0 Å². The number of alkyl halides is 6. The van der Waals surface area contributed by atoms with Crippen LogP contribution in [0.2, 0.25) is 0 Å². The van der Waals surface area contributed by atoms with Crippen molar-refractivity contribution in [3.05, 3.63) is 83.1 Å². The van der Waals surface area contributed by atoms with Crippen molar-refractivity contribution in [2.45, 2.75) is 12.4 Å². The molecule has 1 saturated heterocycles. The molecule has 2 aliphatic heterocycles. The molecule has 5 rings (SSSR count). The molecule has 0 radical (unpaired) electrons. The lowest BCUT2D eigenvalue weighted by Crippen LogP contribution is -2.53. The number of anilines is 2. The maximum atomic E-state index is 13.4. The van der Waals surface area contributed by atoms with E-state index in [-0.39, 0.29) is 54.7 Å². The first-order valence-corrected chi connectivity index (χ1v) is 13.0. The van der Waals surface area contributed by atoms with Gasteiger partial charge >= 0.3 is 18.4 Å². The number of fused-ring (bicyclic) bond motifs is 1. The number of urea groups is 1. The first kappa shape index (κ1) is 29.6. The minimum Gasteiger partial charge on any atom is -0.322 e. The number of halogens is 6. The molecule has 3 heterocycles. The van der Waals surface area contributed by atoms with Gasteiger partial charge < -0.3 is 10.2 Å². The van der Waals surface area contributed by atoms with Gasteiger partial charge in [-0.3, -0.25) is 14.6 Å². The largest absolute Gasteiger partial charge is 0.416 e. The number of carbonyl (C=O) groups excluding carboxylic acids is 2. The van der Waals surface area contributed by atoms with E-state index in [1.54, 1.807) is 11.0 Å². The summed E-state index contributed by atoms with van der Waals surface area (Å²) < 4.78 is 80.1. The molecule has 0 bridgehead atoms. The molecule has 1 fully saturated rings. The molecule has 3 amide bonds. The Morgan fingerprint density at radius 3 is 2.23 bits per heavy atom. The lowest BCUT2D eigenvalue weighted by molar-refractivity contribution is -0.138. The Hall–Kier alpha value is -4.84. The van der Waals surface area contributed by atoms with Crippen LogP contribution in [0.5, 0.6) is 0 Å². The van der Waals surface area contributed by atoms with Gasteiger partial charge in [-0.05, 0) is 36.4 Å². The standard InChI is InChI=1S/C28H23F6N7O2/c29-27(30,31)20-4-1-3-18(13-20)23-7-8-40(25-19(15-35)16-36-41(23)25)24(42)17-38-9-11-39(12-10-38)26(43)37-22-6-2-5-21(14-22)28(32,33)34/h1-7,13-14,16H,8-12,17H2,(H,37,43). The van der Waals surface area contributed by atoms with Crippen LogP contribution in [0.4, 0.5) is 42.6 Å². The van der Waals surface area contributed by atoms with E-state index in [4.69, 9.17) is 0 Å². The van der Waals surface area contributed by atoms with Crippen LogP contribution in [0.1, 0.15) is 22.3 Å². The summed E-state index contributed by atoms with van der Waals surface area (Å²) in [5.41, 5.74) is -1.14. The normalized spacial score (nSPS) is 15.9. The highest BCUT2D eigenvalue weighted by Gasteiger charge is 2.34. The summed E-state index contributed by atoms with van der Waals surface area (Å²) in [7, 11) is 0. The zero-order valence-corrected chi connectivity index (χ0v) is 22.3. The molecule has 2 aromatic carbocycles. The summed E-state index contributed by atoms with van der Waals surface area (Å²) in [4.78, 5) is 30.5. The van der Waals surface area contributed by atoms with Crippen LogP contribution in [-0.2, 0) is 17.1 Å². The minimum absolute atomic E-state index is 0.00463. The number of carbonyl (C=O) groups is 2. The highest BCUT2D eigenvalue weighted by molar-refractivity contribution is 5.97. The molecule has 0 saturated carbocycles. The van der Waals surface area contributed by atoms with Crippen LogP contribution in [0.25, 0.3) is 5.70 Å². The average molecular weight is 604 g/mol. The Kier molecular flexibility index (Phi) is 7.89. The van der Waals surface area contributed by atoms with E-state index in [0.29, 0.717) is 18.8 Å². The van der Waals surface area contributed by atoms with E-state index < -0.39 is 29.5 Å². The van der Waals surface area contributed by atoms with Gasteiger partial charge in [0.05, 0.1) is 29.6 Å². The second-order valence-electron chi connectivity index (χ2n) is 9.85. The fourth-order valence-corrected chi connectivity index (χ4v) is 4.88. The highest BCUT2D eigenvalue weighted by Crippen LogP contribution is 2.35. The first-order chi connectivity index (χ1) is 20.3. The van der Waals surface area contributed by atoms with Gasteiger partial charge in [-0.15, -0.1) is 0 Å². The van der Waals surface area contributed by atoms with E-state index in [1.165, 1.54) is 44.9 Å². The Morgan fingerprint density at radius 1 is 0.930 bits per heavy atom. The number of nitriles is 1. The van der Waals surface area contributed by atoms with Crippen LogP contribution < -0.4 is 10.2 Å². The van der Waals surface area contributed by atoms with Crippen molar-refractivity contribution in [2.24, 2.45) is 0 Å². The summed E-state index contributed by atoms with van der Waals surface area (Å²) >= 11 is 0. The number of nitrogens with one attached hydrogen (secondary N) is 1. The summed E-state index contributed by atoms with van der Waals surface area (Å²) in [6.45, 7) is 0.921. The predicted molar refractivity (Wildman–Crippen MR) is 143 cm³/mol. The van der Waals surface area contributed by atoms with Crippen molar-refractivity contribution < 1.29 is 35.9 Å². The summed E-state index contributed by atoms with van der Waals surface area (Å²) in [5.74, 6) is -0.249. The zero-order valence-electron chi connectivity index (χ0n) is 22.3. The van der Waals surface area contributed by atoms with Gasteiger partial charge in [0.2, 0.25) is 5.91 Å². The molecular formula is C28H23F6N7O2. The third-order valence-corrected chi connectivity index (χ3v) is 7.06. The Balaban J connectivity index is 1.23. The number of hydrogen-bond donors (Lipinski definition) is 1. The number of amides is 3. The Labute approximate surface area is 241 Å². The van der Waals surface area contributed by atoms with Gasteiger partial charge in [0.25, 0.3) is 0 Å². The molecule has 0 spiro atoms. The van der Waals surface area contributed by atoms with Crippen molar-refractivity contribution in [3.8, 4) is 6.07 Å². The van der Waals surface area contributed by atoms with Gasteiger partial charge in [-0.1, -0.05) is 18.2 Å². The van der Waals surface area contributed by atoms with Crippen LogP contribution >= 0.6 is 0 Å². The lowest BCUT2D eigenvalue weighted by atomic mass is 10.1. The second-order valence-corrected chi connectivity index (χ2v) is 9.85. The van der Waals surface area contributed by atoms with Crippen LogP contribution in [0.15, 0.2) is 60.8 Å². The van der Waals surface area contributed by atoms with Crippen LogP contribution in [0, 0.1) is 11.3 Å². The van der Waals surface area contributed by atoms with Crippen LogP contribution in [0.3, 0.4) is 0 Å². The third-order valence-electron chi connectivity index (χ3n) is 7.06. The number of rotatable bonds is 4. The number of hydrogen-bond acceptors (Lipinski definition) is 5. The molecule has 0 atom stereocenters. The number of aromatic nitrogens is 2. The molecule has 2 aliphatic rings. The molecule has 9 nitrogen and oxygen atoms in total. The third kappa shape index (κ3) is 6.33. The second kappa shape index (κ2) is 11.4. The monoisotopic (exact) mass is 603 g/mol. The van der Waals surface area contributed by atoms with Gasteiger partial charge in [-0.2, -0.15) is 36.7 Å². The average Bonchev–Trinajstić information content (AvgIpc) is 3.41. The zero-order chi connectivity index (χ0) is 30.9. The van der Waals surface area contributed by atoms with Crippen LogP contribution in [-0.4, -0.2) is 70.8 Å². The van der Waals surface area contributed by atoms with E-state index in [0.717, 1.165) is 24.3 Å². The molecule has 3 aromatic rings. The van der Waals surface area contributed by atoms with Crippen molar-refractivity contribution in [1.82, 2.24) is 19.6 Å². The molecule has 0 unspecified atom stereocenters. The molecule has 43 heavy (non-hydrogen) atoms. The predicted octanol–water partition coefficient (Wildman–Crippen LogP) is 4.88. The molecule has 1 aromatic heterocycles. The smallest absolute Gasteiger partial charge is 0.322 e. The lowest BCUT2D eigenvalue weighted by Gasteiger charge is -2.36. The quantitative estimate of drug-likeness (QED) is 0.429. The fraction of sp³-hybridized carbons (Fsp3) is 0.286. The SMILES string of the molecule is N#Cc1cnn2c1N(C(=O)CN1CCN(C(=O)Nc3cccc(C(F)(F)F)c3)CC1)CC=C2c1cccc(C(F)(F)F)c1. The summed E-state index contributed by atoms with van der Waals surface area (Å²) in [6, 6.07) is 10.4. The molecular weight excluding hydrogens is 580 g/mol. The van der Waals surface area contributed by atoms with Crippen molar-refractivity contribution in [3.63, 3.8) is 0 Å². The molecule has 15 heteroatoms. The molecule has 1 N–H and O–H groups in total. The van der Waals surface area contributed by atoms with E-state index in [9.17, 15) is 41.2 Å².